The molecule has 1 atom stereocenters. The van der Waals surface area contributed by atoms with Gasteiger partial charge in [0.25, 0.3) is 5.91 Å². The Morgan fingerprint density at radius 2 is 1.87 bits per heavy atom. The first-order valence-electron chi connectivity index (χ1n) is 4.64. The SMILES string of the molecule is C[C@H](Oc1ccc(F)cc1)C(=O)N(C)C. The molecular weight excluding hydrogens is 197 g/mol. The van der Waals surface area contributed by atoms with Crippen LogP contribution in [0.1, 0.15) is 6.92 Å². The number of ether oxygens (including phenoxy) is 1. The summed E-state index contributed by atoms with van der Waals surface area (Å²) in [5.74, 6) is 0.0346. The van der Waals surface area contributed by atoms with Gasteiger partial charge in [0.2, 0.25) is 0 Å². The Morgan fingerprint density at radius 1 is 1.33 bits per heavy atom. The van der Waals surface area contributed by atoms with Crippen LogP contribution in [0.15, 0.2) is 24.3 Å². The van der Waals surface area contributed by atoms with E-state index in [0.717, 1.165) is 0 Å². The molecule has 1 aromatic rings. The van der Waals surface area contributed by atoms with Gasteiger partial charge >= 0.3 is 0 Å². The van der Waals surface area contributed by atoms with Crippen molar-refractivity contribution in [3.8, 4) is 5.75 Å². The first-order valence-corrected chi connectivity index (χ1v) is 4.64. The number of halogens is 1. The Hall–Kier alpha value is -1.58. The predicted octanol–water partition coefficient (Wildman–Crippen LogP) is 1.68. The van der Waals surface area contributed by atoms with Crippen molar-refractivity contribution in [3.05, 3.63) is 30.1 Å². The van der Waals surface area contributed by atoms with E-state index in [1.165, 1.54) is 29.2 Å². The lowest BCUT2D eigenvalue weighted by molar-refractivity contribution is -0.135. The van der Waals surface area contributed by atoms with E-state index in [1.54, 1.807) is 21.0 Å². The van der Waals surface area contributed by atoms with Crippen molar-refractivity contribution in [2.75, 3.05) is 14.1 Å². The number of carbonyl (C=O) groups is 1. The molecule has 0 fully saturated rings. The first kappa shape index (κ1) is 11.5. The van der Waals surface area contributed by atoms with Crippen molar-refractivity contribution in [1.82, 2.24) is 4.90 Å². The lowest BCUT2D eigenvalue weighted by Crippen LogP contribution is -2.35. The summed E-state index contributed by atoms with van der Waals surface area (Å²) in [6.45, 7) is 1.66. The normalized spacial score (nSPS) is 12.0. The van der Waals surface area contributed by atoms with Crippen molar-refractivity contribution < 1.29 is 13.9 Å². The smallest absolute Gasteiger partial charge is 0.262 e. The Balaban J connectivity index is 2.62. The zero-order valence-electron chi connectivity index (χ0n) is 9.03. The highest BCUT2D eigenvalue weighted by atomic mass is 19.1. The highest BCUT2D eigenvalue weighted by molar-refractivity contribution is 5.80. The van der Waals surface area contributed by atoms with Crippen molar-refractivity contribution in [2.24, 2.45) is 0 Å². The summed E-state index contributed by atoms with van der Waals surface area (Å²) in [6.07, 6.45) is -0.564. The quantitative estimate of drug-likeness (QED) is 0.761. The molecule has 1 amide bonds. The standard InChI is InChI=1S/C11H14FNO2/c1-8(11(14)13(2)3)15-10-6-4-9(12)5-7-10/h4-8H,1-3H3/t8-/m0/s1. The Bertz CT molecular complexity index is 335. The molecule has 0 aliphatic carbocycles. The van der Waals surface area contributed by atoms with Gasteiger partial charge in [0.15, 0.2) is 6.10 Å². The van der Waals surface area contributed by atoms with Crippen LogP contribution in [0.25, 0.3) is 0 Å². The molecule has 1 rings (SSSR count). The second-order valence-corrected chi connectivity index (χ2v) is 3.45. The largest absolute Gasteiger partial charge is 0.481 e. The molecule has 15 heavy (non-hydrogen) atoms. The van der Waals surface area contributed by atoms with E-state index < -0.39 is 6.10 Å². The van der Waals surface area contributed by atoms with Crippen LogP contribution in [-0.2, 0) is 4.79 Å². The van der Waals surface area contributed by atoms with Crippen LogP contribution in [0.2, 0.25) is 0 Å². The van der Waals surface area contributed by atoms with E-state index >= 15 is 0 Å². The van der Waals surface area contributed by atoms with Crippen LogP contribution in [0.5, 0.6) is 5.75 Å². The molecule has 4 heteroatoms. The van der Waals surface area contributed by atoms with Crippen molar-refractivity contribution in [2.45, 2.75) is 13.0 Å². The Kier molecular flexibility index (Phi) is 3.66. The zero-order valence-corrected chi connectivity index (χ0v) is 9.03. The Labute approximate surface area is 88.5 Å². The van der Waals surface area contributed by atoms with Gasteiger partial charge in [0.05, 0.1) is 0 Å². The van der Waals surface area contributed by atoms with Crippen molar-refractivity contribution in [3.63, 3.8) is 0 Å². The molecule has 0 aliphatic rings. The highest BCUT2D eigenvalue weighted by Crippen LogP contribution is 2.13. The monoisotopic (exact) mass is 211 g/mol. The lowest BCUT2D eigenvalue weighted by Gasteiger charge is -2.18. The minimum absolute atomic E-state index is 0.126. The van der Waals surface area contributed by atoms with Crippen LogP contribution in [-0.4, -0.2) is 31.0 Å². The molecule has 0 heterocycles. The molecule has 82 valence electrons. The van der Waals surface area contributed by atoms with Gasteiger partial charge in [-0.15, -0.1) is 0 Å². The maximum absolute atomic E-state index is 12.6. The van der Waals surface area contributed by atoms with Gasteiger partial charge in [-0.05, 0) is 31.2 Å². The maximum atomic E-state index is 12.6. The molecule has 0 saturated heterocycles. The highest BCUT2D eigenvalue weighted by Gasteiger charge is 2.16. The maximum Gasteiger partial charge on any atom is 0.262 e. The molecule has 0 radical (unpaired) electrons. The molecule has 0 N–H and O–H groups in total. The van der Waals surface area contributed by atoms with Gasteiger partial charge in [0, 0.05) is 14.1 Å². The van der Waals surface area contributed by atoms with E-state index in [1.807, 2.05) is 0 Å². The summed E-state index contributed by atoms with van der Waals surface area (Å²) >= 11 is 0. The van der Waals surface area contributed by atoms with Crippen LogP contribution >= 0.6 is 0 Å². The van der Waals surface area contributed by atoms with E-state index in [9.17, 15) is 9.18 Å². The van der Waals surface area contributed by atoms with Gasteiger partial charge in [0.1, 0.15) is 11.6 Å². The molecule has 0 unspecified atom stereocenters. The Morgan fingerprint density at radius 3 is 2.33 bits per heavy atom. The number of rotatable bonds is 3. The van der Waals surface area contributed by atoms with Crippen molar-refractivity contribution in [1.29, 1.82) is 0 Å². The topological polar surface area (TPSA) is 29.5 Å². The predicted molar refractivity (Wildman–Crippen MR) is 55.2 cm³/mol. The minimum Gasteiger partial charge on any atom is -0.481 e. The van der Waals surface area contributed by atoms with Crippen LogP contribution in [0.3, 0.4) is 0 Å². The molecule has 0 bridgehead atoms. The molecule has 1 aromatic carbocycles. The van der Waals surface area contributed by atoms with E-state index in [0.29, 0.717) is 5.75 Å². The van der Waals surface area contributed by atoms with Gasteiger partial charge in [-0.25, -0.2) is 4.39 Å². The summed E-state index contributed by atoms with van der Waals surface area (Å²) in [5, 5.41) is 0. The van der Waals surface area contributed by atoms with Crippen molar-refractivity contribution >= 4 is 5.91 Å². The molecule has 0 saturated carbocycles. The number of benzene rings is 1. The summed E-state index contributed by atoms with van der Waals surface area (Å²) in [7, 11) is 3.32. The fourth-order valence-corrected chi connectivity index (χ4v) is 1.13. The first-order chi connectivity index (χ1) is 7.00. The van der Waals surface area contributed by atoms with Gasteiger partial charge in [-0.1, -0.05) is 0 Å². The van der Waals surface area contributed by atoms with E-state index in [-0.39, 0.29) is 11.7 Å². The number of amides is 1. The van der Waals surface area contributed by atoms with Crippen LogP contribution in [0, 0.1) is 5.82 Å². The van der Waals surface area contributed by atoms with Gasteiger partial charge < -0.3 is 9.64 Å². The average molecular weight is 211 g/mol. The number of hydrogen-bond donors (Lipinski definition) is 0. The van der Waals surface area contributed by atoms with Gasteiger partial charge in [-0.3, -0.25) is 4.79 Å². The third kappa shape index (κ3) is 3.23. The fraction of sp³-hybridized carbons (Fsp3) is 0.364. The lowest BCUT2D eigenvalue weighted by atomic mass is 10.3. The fourth-order valence-electron chi connectivity index (χ4n) is 1.13. The van der Waals surface area contributed by atoms with E-state index in [2.05, 4.69) is 0 Å². The third-order valence-corrected chi connectivity index (χ3v) is 1.92. The van der Waals surface area contributed by atoms with E-state index in [4.69, 9.17) is 4.74 Å². The van der Waals surface area contributed by atoms with Crippen LogP contribution in [0.4, 0.5) is 4.39 Å². The number of hydrogen-bond acceptors (Lipinski definition) is 2. The summed E-state index contributed by atoms with van der Waals surface area (Å²) in [6, 6.07) is 5.58. The average Bonchev–Trinajstić information content (AvgIpc) is 2.20. The van der Waals surface area contributed by atoms with Gasteiger partial charge in [-0.2, -0.15) is 0 Å². The molecule has 0 aliphatic heterocycles. The summed E-state index contributed by atoms with van der Waals surface area (Å²) in [5.41, 5.74) is 0. The molecular formula is C11H14FNO2. The number of nitrogens with zero attached hydrogens (tertiary/aromatic N) is 1. The number of likely N-dealkylation sites (N-methyl/N-ethyl adjacent to an activating group) is 1. The zero-order chi connectivity index (χ0) is 11.4. The minimum atomic E-state index is -0.564. The third-order valence-electron chi connectivity index (χ3n) is 1.92. The van der Waals surface area contributed by atoms with Crippen LogP contribution < -0.4 is 4.74 Å². The molecule has 0 spiro atoms. The number of carbonyl (C=O) groups excluding carboxylic acids is 1. The summed E-state index contributed by atoms with van der Waals surface area (Å²) < 4.78 is 17.9. The summed E-state index contributed by atoms with van der Waals surface area (Å²) in [4.78, 5) is 12.9. The second-order valence-electron chi connectivity index (χ2n) is 3.45. The molecule has 0 aromatic heterocycles. The molecule has 3 nitrogen and oxygen atoms in total. The second kappa shape index (κ2) is 4.77.